The van der Waals surface area contributed by atoms with Crippen molar-refractivity contribution in [3.8, 4) is 5.82 Å². The highest BCUT2D eigenvalue weighted by atomic mass is 15.4. The average Bonchev–Trinajstić information content (AvgIpc) is 2.91. The summed E-state index contributed by atoms with van der Waals surface area (Å²) in [5.41, 5.74) is 1.80. The van der Waals surface area contributed by atoms with Gasteiger partial charge in [-0.1, -0.05) is 24.3 Å². The van der Waals surface area contributed by atoms with E-state index in [1.54, 1.807) is 4.68 Å². The Morgan fingerprint density at radius 1 is 1.15 bits per heavy atom. The van der Waals surface area contributed by atoms with Crippen LogP contribution in [0.3, 0.4) is 0 Å². The topological polar surface area (TPSA) is 68.5 Å². The van der Waals surface area contributed by atoms with E-state index in [0.717, 1.165) is 41.5 Å². The zero-order valence-electron chi connectivity index (χ0n) is 11.5. The second kappa shape index (κ2) is 5.24. The van der Waals surface area contributed by atoms with Gasteiger partial charge < -0.3 is 5.32 Å². The Morgan fingerprint density at radius 3 is 2.80 bits per heavy atom. The molecule has 0 aliphatic rings. The summed E-state index contributed by atoms with van der Waals surface area (Å²) < 4.78 is 1.75. The smallest absolute Gasteiger partial charge is 0.161 e. The molecule has 0 aliphatic heterocycles. The number of hydrogen-bond acceptors (Lipinski definition) is 5. The summed E-state index contributed by atoms with van der Waals surface area (Å²) >= 11 is 0. The number of hydrogen-bond donors (Lipinski definition) is 1. The Hall–Kier alpha value is -2.50. The first-order valence-electron chi connectivity index (χ1n) is 6.74. The monoisotopic (exact) mass is 268 g/mol. The SMILES string of the molecule is CCNc1cc(-n2nnc3ccccc32)nc(CC)n1. The van der Waals surface area contributed by atoms with Gasteiger partial charge in [-0.05, 0) is 19.1 Å². The third-order valence-electron chi connectivity index (χ3n) is 3.00. The molecule has 0 atom stereocenters. The van der Waals surface area contributed by atoms with E-state index in [1.165, 1.54) is 0 Å². The van der Waals surface area contributed by atoms with Gasteiger partial charge in [0.15, 0.2) is 5.82 Å². The molecule has 6 nitrogen and oxygen atoms in total. The average molecular weight is 268 g/mol. The molecule has 2 aromatic heterocycles. The molecule has 3 rings (SSSR count). The van der Waals surface area contributed by atoms with Crippen molar-refractivity contribution in [3.05, 3.63) is 36.2 Å². The summed E-state index contributed by atoms with van der Waals surface area (Å²) in [6, 6.07) is 9.73. The van der Waals surface area contributed by atoms with E-state index in [2.05, 4.69) is 25.6 Å². The molecule has 0 aliphatic carbocycles. The number of para-hydroxylation sites is 1. The predicted octanol–water partition coefficient (Wildman–Crippen LogP) is 2.20. The van der Waals surface area contributed by atoms with Crippen molar-refractivity contribution in [2.24, 2.45) is 0 Å². The molecule has 0 spiro atoms. The first-order chi connectivity index (χ1) is 9.81. The fourth-order valence-electron chi connectivity index (χ4n) is 2.06. The molecule has 1 N–H and O–H groups in total. The Labute approximate surface area is 116 Å². The van der Waals surface area contributed by atoms with Crippen LogP contribution in [-0.2, 0) is 6.42 Å². The van der Waals surface area contributed by atoms with Crippen LogP contribution in [0.5, 0.6) is 0 Å². The third kappa shape index (κ3) is 2.20. The molecule has 3 aromatic rings. The standard InChI is InChI=1S/C14H16N6/c1-3-12-16-13(15-4-2)9-14(17-12)20-11-8-6-5-7-10(11)18-19-20/h5-9H,3-4H2,1-2H3,(H,15,16,17). The molecule has 6 heteroatoms. The van der Waals surface area contributed by atoms with Crippen molar-refractivity contribution in [1.29, 1.82) is 0 Å². The van der Waals surface area contributed by atoms with Crippen LogP contribution < -0.4 is 5.32 Å². The Bertz CT molecular complexity index is 733. The minimum atomic E-state index is 0.738. The van der Waals surface area contributed by atoms with Gasteiger partial charge in [-0.15, -0.1) is 5.10 Å². The van der Waals surface area contributed by atoms with Crippen molar-refractivity contribution in [1.82, 2.24) is 25.0 Å². The van der Waals surface area contributed by atoms with Crippen LogP contribution in [0.4, 0.5) is 5.82 Å². The lowest BCUT2D eigenvalue weighted by atomic mass is 10.3. The minimum absolute atomic E-state index is 0.738. The van der Waals surface area contributed by atoms with E-state index >= 15 is 0 Å². The van der Waals surface area contributed by atoms with Gasteiger partial charge in [0.25, 0.3) is 0 Å². The molecule has 0 saturated carbocycles. The summed E-state index contributed by atoms with van der Waals surface area (Å²) in [5.74, 6) is 2.34. The summed E-state index contributed by atoms with van der Waals surface area (Å²) in [7, 11) is 0. The second-order valence-electron chi connectivity index (χ2n) is 4.40. The van der Waals surface area contributed by atoms with Crippen LogP contribution >= 0.6 is 0 Å². The molecule has 0 amide bonds. The molecule has 1 aromatic carbocycles. The van der Waals surface area contributed by atoms with Gasteiger partial charge in [-0.3, -0.25) is 0 Å². The van der Waals surface area contributed by atoms with E-state index in [4.69, 9.17) is 0 Å². The maximum Gasteiger partial charge on any atom is 0.161 e. The van der Waals surface area contributed by atoms with Gasteiger partial charge in [0, 0.05) is 19.0 Å². The number of rotatable bonds is 4. The molecule has 0 radical (unpaired) electrons. The van der Waals surface area contributed by atoms with Crippen LogP contribution in [-0.4, -0.2) is 31.5 Å². The molecule has 0 fully saturated rings. The van der Waals surface area contributed by atoms with Crippen molar-refractivity contribution >= 4 is 16.9 Å². The first-order valence-corrected chi connectivity index (χ1v) is 6.74. The van der Waals surface area contributed by atoms with Crippen LogP contribution in [0.25, 0.3) is 16.9 Å². The minimum Gasteiger partial charge on any atom is -0.370 e. The molecule has 0 unspecified atom stereocenters. The normalized spacial score (nSPS) is 10.9. The highest BCUT2D eigenvalue weighted by Crippen LogP contribution is 2.16. The fraction of sp³-hybridized carbons (Fsp3) is 0.286. The van der Waals surface area contributed by atoms with Crippen molar-refractivity contribution in [2.45, 2.75) is 20.3 Å². The highest BCUT2D eigenvalue weighted by molar-refractivity contribution is 5.75. The van der Waals surface area contributed by atoms with Crippen molar-refractivity contribution in [3.63, 3.8) is 0 Å². The van der Waals surface area contributed by atoms with Crippen LogP contribution in [0, 0.1) is 0 Å². The van der Waals surface area contributed by atoms with E-state index in [9.17, 15) is 0 Å². The molecule has 0 saturated heterocycles. The number of nitrogens with zero attached hydrogens (tertiary/aromatic N) is 5. The maximum atomic E-state index is 4.54. The van der Waals surface area contributed by atoms with Crippen molar-refractivity contribution < 1.29 is 0 Å². The summed E-state index contributed by atoms with van der Waals surface area (Å²) in [6.07, 6.45) is 0.777. The van der Waals surface area contributed by atoms with Gasteiger partial charge in [0.1, 0.15) is 17.2 Å². The summed E-state index contributed by atoms with van der Waals surface area (Å²) in [5, 5.41) is 11.6. The zero-order valence-corrected chi connectivity index (χ0v) is 11.5. The lowest BCUT2D eigenvalue weighted by molar-refractivity contribution is 0.782. The van der Waals surface area contributed by atoms with Gasteiger partial charge in [-0.2, -0.15) is 4.68 Å². The van der Waals surface area contributed by atoms with Crippen LogP contribution in [0.15, 0.2) is 30.3 Å². The molecule has 102 valence electrons. The number of aryl methyl sites for hydroxylation is 1. The number of fused-ring (bicyclic) bond motifs is 1. The number of benzene rings is 1. The Balaban J connectivity index is 2.15. The Morgan fingerprint density at radius 2 is 2.00 bits per heavy atom. The van der Waals surface area contributed by atoms with Crippen LogP contribution in [0.2, 0.25) is 0 Å². The van der Waals surface area contributed by atoms with Crippen LogP contribution in [0.1, 0.15) is 19.7 Å². The molecular formula is C14H16N6. The summed E-state index contributed by atoms with van der Waals surface area (Å²) in [6.45, 7) is 4.89. The zero-order chi connectivity index (χ0) is 13.9. The number of anilines is 1. The van der Waals surface area contributed by atoms with Crippen molar-refractivity contribution in [2.75, 3.05) is 11.9 Å². The molecule has 20 heavy (non-hydrogen) atoms. The van der Waals surface area contributed by atoms with E-state index in [1.807, 2.05) is 44.2 Å². The van der Waals surface area contributed by atoms with Gasteiger partial charge in [-0.25, -0.2) is 9.97 Å². The predicted molar refractivity (Wildman–Crippen MR) is 78.0 cm³/mol. The highest BCUT2D eigenvalue weighted by Gasteiger charge is 2.10. The lowest BCUT2D eigenvalue weighted by Gasteiger charge is -2.08. The quantitative estimate of drug-likeness (QED) is 0.785. The van der Waals surface area contributed by atoms with Gasteiger partial charge >= 0.3 is 0 Å². The molecule has 0 bridgehead atoms. The molecular weight excluding hydrogens is 252 g/mol. The number of aromatic nitrogens is 5. The van der Waals surface area contributed by atoms with E-state index in [-0.39, 0.29) is 0 Å². The lowest BCUT2D eigenvalue weighted by Crippen LogP contribution is -2.08. The largest absolute Gasteiger partial charge is 0.370 e. The van der Waals surface area contributed by atoms with E-state index in [0.29, 0.717) is 0 Å². The first kappa shape index (κ1) is 12.5. The second-order valence-corrected chi connectivity index (χ2v) is 4.40. The Kier molecular flexibility index (Phi) is 3.28. The summed E-state index contributed by atoms with van der Waals surface area (Å²) in [4.78, 5) is 8.98. The number of nitrogens with one attached hydrogen (secondary N) is 1. The fourth-order valence-corrected chi connectivity index (χ4v) is 2.06. The third-order valence-corrected chi connectivity index (χ3v) is 3.00. The van der Waals surface area contributed by atoms with Gasteiger partial charge in [0.05, 0.1) is 5.52 Å². The van der Waals surface area contributed by atoms with Gasteiger partial charge in [0.2, 0.25) is 0 Å². The maximum absolute atomic E-state index is 4.54. The van der Waals surface area contributed by atoms with E-state index < -0.39 is 0 Å². The molecule has 2 heterocycles.